The van der Waals surface area contributed by atoms with Gasteiger partial charge < -0.3 is 25.1 Å². The van der Waals surface area contributed by atoms with E-state index in [0.29, 0.717) is 31.1 Å². The molecule has 7 atom stereocenters. The lowest BCUT2D eigenvalue weighted by atomic mass is 9.63. The zero-order chi connectivity index (χ0) is 33.3. The highest BCUT2D eigenvalue weighted by Crippen LogP contribution is 2.49. The largest absolute Gasteiger partial charge is 0.490 e. The fourth-order valence-electron chi connectivity index (χ4n) is 8.12. The molecule has 1 fully saturated rings. The number of anilines is 1. The van der Waals surface area contributed by atoms with Crippen molar-refractivity contribution in [1.82, 2.24) is 9.73 Å². The molecule has 11 heteroatoms. The van der Waals surface area contributed by atoms with Crippen molar-refractivity contribution >= 4 is 34.2 Å². The monoisotopic (exact) mass is 681 g/mol. The van der Waals surface area contributed by atoms with Gasteiger partial charge in [-0.3, -0.25) is 9.52 Å². The summed E-state index contributed by atoms with van der Waals surface area (Å²) in [6.07, 6.45) is 13.1. The van der Waals surface area contributed by atoms with Gasteiger partial charge >= 0.3 is 0 Å². The third-order valence-corrected chi connectivity index (χ3v) is 12.9. The fraction of sp³-hybridized carbons (Fsp3) is 0.528. The Kier molecular flexibility index (Phi) is 9.95. The van der Waals surface area contributed by atoms with E-state index in [1.165, 1.54) is 17.3 Å². The van der Waals surface area contributed by atoms with Crippen molar-refractivity contribution in [2.75, 3.05) is 38.3 Å². The third-order valence-electron chi connectivity index (χ3n) is 11.1. The number of hydrogen-bond donors (Lipinski definition) is 3. The summed E-state index contributed by atoms with van der Waals surface area (Å²) in [5.74, 6) is 7.34. The summed E-state index contributed by atoms with van der Waals surface area (Å²) < 4.78 is 29.2. The molecule has 47 heavy (non-hydrogen) atoms. The highest BCUT2D eigenvalue weighted by Gasteiger charge is 2.49. The molecule has 2 aromatic rings. The van der Waals surface area contributed by atoms with E-state index in [-0.39, 0.29) is 28.4 Å². The number of carbonyl (C=O) groups is 1. The molecule has 2 bridgehead atoms. The Morgan fingerprint density at radius 1 is 1.23 bits per heavy atom. The van der Waals surface area contributed by atoms with Crippen LogP contribution in [0.5, 0.6) is 5.75 Å². The Balaban J connectivity index is 1.44. The molecule has 0 aromatic heterocycles. The third kappa shape index (κ3) is 6.67. The lowest BCUT2D eigenvalue weighted by Crippen LogP contribution is -2.57. The molecule has 6 rings (SSSR count). The number of rotatable bonds is 4. The molecule has 0 radical (unpaired) electrons. The second-order valence-corrected chi connectivity index (χ2v) is 15.9. The molecule has 1 spiro atoms. The van der Waals surface area contributed by atoms with E-state index in [0.717, 1.165) is 61.7 Å². The first kappa shape index (κ1) is 33.8. The summed E-state index contributed by atoms with van der Waals surface area (Å²) in [7, 11) is 0.185. The van der Waals surface area contributed by atoms with Gasteiger partial charge in [0.15, 0.2) is 0 Å². The van der Waals surface area contributed by atoms with Crippen LogP contribution in [0, 0.1) is 17.8 Å². The van der Waals surface area contributed by atoms with Crippen LogP contribution in [0.2, 0.25) is 5.02 Å². The van der Waals surface area contributed by atoms with Crippen molar-refractivity contribution in [2.24, 2.45) is 29.3 Å². The maximum atomic E-state index is 13.5. The maximum Gasteiger partial charge on any atom is 0.263 e. The molecular weight excluding hydrogens is 634 g/mol. The number of nitrogens with two attached hydrogens (primary N) is 2. The molecule has 2 aliphatic carbocycles. The highest BCUT2D eigenvalue weighted by atomic mass is 35.5. The summed E-state index contributed by atoms with van der Waals surface area (Å²) >= 11 is 6.46. The Hall–Kier alpha value is -3.05. The molecule has 254 valence electrons. The zero-order valence-corrected chi connectivity index (χ0v) is 29.2. The van der Waals surface area contributed by atoms with E-state index in [4.69, 9.17) is 32.7 Å². The van der Waals surface area contributed by atoms with Crippen LogP contribution >= 0.6 is 11.6 Å². The minimum absolute atomic E-state index is 0.0466. The van der Waals surface area contributed by atoms with E-state index in [1.54, 1.807) is 24.4 Å². The Labute approximate surface area is 286 Å². The lowest BCUT2D eigenvalue weighted by Gasteiger charge is -2.51. The molecule has 5 N–H and O–H groups in total. The van der Waals surface area contributed by atoms with Crippen LogP contribution < -0.4 is 25.9 Å². The van der Waals surface area contributed by atoms with Gasteiger partial charge in [-0.15, -0.1) is 0 Å². The lowest BCUT2D eigenvalue weighted by molar-refractivity contribution is -0.0865. The van der Waals surface area contributed by atoms with Crippen LogP contribution in [0.1, 0.15) is 67.4 Å². The van der Waals surface area contributed by atoms with Gasteiger partial charge in [0.25, 0.3) is 5.91 Å². The van der Waals surface area contributed by atoms with Crippen molar-refractivity contribution in [3.05, 3.63) is 82.7 Å². The standard InChI is InChI=1S/C36H48ClN5O4S/c1-24-6-4-15-36(45-3,22-42(39)17-16-38)31-11-8-28(31)20-41-21-35(14-5-7-26-18-29(37)10-12-30(26)35)23-46-33-13-9-27(19-32(33)41)34(43)40-47(44)25(24)2/h4,9-10,12-13,15-19,24-25,28,31H,5-8,11,14,20-23,38-39H2,1-3H3,(H,40,43)/b15-4+,17-16-/t24?,25?,28?,31?,35?,36-,47?/m1/s1. The molecule has 9 nitrogen and oxygen atoms in total. The van der Waals surface area contributed by atoms with Crippen LogP contribution in [0.25, 0.3) is 0 Å². The fourth-order valence-corrected chi connectivity index (χ4v) is 9.34. The number of fused-ring (bicyclic) bond motifs is 4. The molecule has 0 saturated heterocycles. The van der Waals surface area contributed by atoms with E-state index < -0.39 is 16.6 Å². The van der Waals surface area contributed by atoms with Crippen molar-refractivity contribution < 1.29 is 18.5 Å². The molecule has 1 amide bonds. The second-order valence-electron chi connectivity index (χ2n) is 14.0. The second kappa shape index (κ2) is 13.8. The van der Waals surface area contributed by atoms with Crippen molar-refractivity contribution in [3.63, 3.8) is 0 Å². The SMILES string of the molecule is CO[C@@]1(CN(N)/C=C\N)/C=C/CC(C)C(C)S(=O)NC(=O)c2ccc3c(c2)N(CC2CCC21)CC1(CCCc2cc(Cl)ccc21)CO3. The normalized spacial score (nSPS) is 33.2. The summed E-state index contributed by atoms with van der Waals surface area (Å²) in [5.41, 5.74) is 8.72. The van der Waals surface area contributed by atoms with E-state index in [9.17, 15) is 9.00 Å². The molecule has 6 unspecified atom stereocenters. The van der Waals surface area contributed by atoms with Crippen LogP contribution in [-0.2, 0) is 27.6 Å². The Bertz CT molecular complexity index is 1570. The first-order chi connectivity index (χ1) is 22.6. The van der Waals surface area contributed by atoms with Gasteiger partial charge in [0, 0.05) is 48.6 Å². The summed E-state index contributed by atoms with van der Waals surface area (Å²) in [5, 5.41) is 2.08. The van der Waals surface area contributed by atoms with E-state index in [1.807, 2.05) is 25.1 Å². The number of hydrogen-bond acceptors (Lipinski definition) is 8. The highest BCUT2D eigenvalue weighted by molar-refractivity contribution is 7.84. The minimum atomic E-state index is -1.57. The number of methoxy groups -OCH3 is 1. The van der Waals surface area contributed by atoms with Crippen LogP contribution in [-0.4, -0.2) is 59.3 Å². The van der Waals surface area contributed by atoms with E-state index >= 15 is 0 Å². The Morgan fingerprint density at radius 3 is 2.81 bits per heavy atom. The molecule has 2 heterocycles. The number of hydrazine groups is 1. The molecular formula is C36H48ClN5O4S. The van der Waals surface area contributed by atoms with Crippen molar-refractivity contribution in [3.8, 4) is 5.75 Å². The predicted octanol–water partition coefficient (Wildman–Crippen LogP) is 5.21. The van der Waals surface area contributed by atoms with Crippen LogP contribution in [0.4, 0.5) is 5.69 Å². The number of halogens is 1. The van der Waals surface area contributed by atoms with Crippen LogP contribution in [0.15, 0.2) is 61.0 Å². The number of nitrogens with one attached hydrogen (secondary N) is 1. The Morgan fingerprint density at radius 2 is 2.06 bits per heavy atom. The summed E-state index contributed by atoms with van der Waals surface area (Å²) in [6, 6.07) is 11.9. The van der Waals surface area contributed by atoms with Crippen LogP contribution in [0.3, 0.4) is 0 Å². The topological polar surface area (TPSA) is 123 Å². The van der Waals surface area contributed by atoms with E-state index in [2.05, 4.69) is 40.8 Å². The average molecular weight is 682 g/mol. The first-order valence-electron chi connectivity index (χ1n) is 16.7. The number of aryl methyl sites for hydroxylation is 1. The number of allylic oxidation sites excluding steroid dienone is 1. The zero-order valence-electron chi connectivity index (χ0n) is 27.6. The molecule has 4 aliphatic rings. The number of nitrogens with zero attached hydrogens (tertiary/aromatic N) is 2. The summed E-state index contributed by atoms with van der Waals surface area (Å²) in [6.45, 7) is 6.42. The van der Waals surface area contributed by atoms with Gasteiger partial charge in [0.05, 0.1) is 24.1 Å². The summed E-state index contributed by atoms with van der Waals surface area (Å²) in [4.78, 5) is 15.9. The van der Waals surface area contributed by atoms with Gasteiger partial charge in [0.2, 0.25) is 0 Å². The molecule has 2 aliphatic heterocycles. The first-order valence-corrected chi connectivity index (χ1v) is 18.3. The number of benzene rings is 2. The quantitative estimate of drug-likeness (QED) is 0.229. The smallest absolute Gasteiger partial charge is 0.263 e. The van der Waals surface area contributed by atoms with Gasteiger partial charge in [-0.1, -0.05) is 36.7 Å². The van der Waals surface area contributed by atoms with Crippen molar-refractivity contribution in [1.29, 1.82) is 0 Å². The van der Waals surface area contributed by atoms with Gasteiger partial charge in [-0.25, -0.2) is 10.1 Å². The average Bonchev–Trinajstić information content (AvgIpc) is 3.18. The number of amides is 1. The number of ether oxygens (including phenoxy) is 2. The van der Waals surface area contributed by atoms with Crippen molar-refractivity contribution in [2.45, 2.75) is 68.6 Å². The molecule has 2 aromatic carbocycles. The molecule has 1 saturated carbocycles. The van der Waals surface area contributed by atoms with Gasteiger partial charge in [0.1, 0.15) is 22.3 Å². The predicted molar refractivity (Wildman–Crippen MR) is 188 cm³/mol. The minimum Gasteiger partial charge on any atom is -0.490 e. The van der Waals surface area contributed by atoms with Gasteiger partial charge in [-0.05, 0) is 105 Å². The maximum absolute atomic E-state index is 13.5. The van der Waals surface area contributed by atoms with Gasteiger partial charge in [-0.2, -0.15) is 0 Å². The number of carbonyl (C=O) groups excluding carboxylic acids is 1.